The molecule has 0 spiro atoms. The Bertz CT molecular complexity index is 338. The fraction of sp³-hybridized carbons (Fsp3) is 0.615. The highest BCUT2D eigenvalue weighted by Crippen LogP contribution is 2.12. The van der Waals surface area contributed by atoms with E-state index in [0.717, 1.165) is 12.3 Å². The lowest BCUT2D eigenvalue weighted by atomic mass is 10.1. The summed E-state index contributed by atoms with van der Waals surface area (Å²) in [5.41, 5.74) is 0.653. The van der Waals surface area contributed by atoms with E-state index >= 15 is 0 Å². The number of aliphatic hydroxyl groups is 1. The number of ether oxygens (including phenoxy) is 1. The van der Waals surface area contributed by atoms with Crippen LogP contribution in [0.4, 0.5) is 0 Å². The molecule has 4 nitrogen and oxygen atoms in total. The highest BCUT2D eigenvalue weighted by molar-refractivity contribution is 5.22. The van der Waals surface area contributed by atoms with Gasteiger partial charge in [-0.3, -0.25) is 9.88 Å². The number of nitrogens with zero attached hydrogens (tertiary/aromatic N) is 2. The summed E-state index contributed by atoms with van der Waals surface area (Å²) in [5, 5.41) is 8.97. The highest BCUT2D eigenvalue weighted by Gasteiger charge is 2.09. The fourth-order valence-electron chi connectivity index (χ4n) is 2.11. The van der Waals surface area contributed by atoms with Crippen molar-refractivity contribution < 1.29 is 9.84 Å². The normalized spacial score (nSPS) is 17.0. The van der Waals surface area contributed by atoms with Gasteiger partial charge in [0.1, 0.15) is 12.4 Å². The van der Waals surface area contributed by atoms with E-state index in [-0.39, 0.29) is 6.61 Å². The lowest BCUT2D eigenvalue weighted by Crippen LogP contribution is -2.33. The number of hydrogen-bond donors (Lipinski definition) is 1. The molecule has 0 amide bonds. The van der Waals surface area contributed by atoms with Gasteiger partial charge in [0, 0.05) is 18.8 Å². The average Bonchev–Trinajstić information content (AvgIpc) is 2.40. The molecule has 1 aliphatic heterocycles. The van der Waals surface area contributed by atoms with Crippen LogP contribution in [0.15, 0.2) is 18.3 Å². The summed E-state index contributed by atoms with van der Waals surface area (Å²) in [6.07, 6.45) is 5.65. The minimum absolute atomic E-state index is 0.0384. The maximum atomic E-state index is 8.97. The molecule has 0 bridgehead atoms. The Hall–Kier alpha value is -1.13. The van der Waals surface area contributed by atoms with E-state index in [1.807, 2.05) is 6.07 Å². The Morgan fingerprint density at radius 3 is 2.88 bits per heavy atom. The van der Waals surface area contributed by atoms with Crippen LogP contribution in [0.2, 0.25) is 0 Å². The molecule has 1 aromatic rings. The van der Waals surface area contributed by atoms with Gasteiger partial charge >= 0.3 is 0 Å². The largest absolute Gasteiger partial charge is 0.492 e. The van der Waals surface area contributed by atoms with Gasteiger partial charge in [0.05, 0.1) is 12.3 Å². The molecule has 2 rings (SSSR count). The average molecular weight is 236 g/mol. The topological polar surface area (TPSA) is 45.6 Å². The molecule has 1 aliphatic rings. The first-order valence-corrected chi connectivity index (χ1v) is 6.29. The van der Waals surface area contributed by atoms with E-state index in [2.05, 4.69) is 9.88 Å². The van der Waals surface area contributed by atoms with Gasteiger partial charge in [-0.05, 0) is 32.0 Å². The van der Waals surface area contributed by atoms with Crippen molar-refractivity contribution >= 4 is 0 Å². The molecule has 0 aromatic carbocycles. The van der Waals surface area contributed by atoms with Crippen LogP contribution in [0.5, 0.6) is 5.75 Å². The number of likely N-dealkylation sites (tertiary alicyclic amines) is 1. The van der Waals surface area contributed by atoms with Crippen molar-refractivity contribution in [3.8, 4) is 5.75 Å². The van der Waals surface area contributed by atoms with Crippen LogP contribution in [-0.4, -0.2) is 41.2 Å². The molecule has 2 heterocycles. The molecular formula is C13H20N2O2. The number of pyridine rings is 1. The van der Waals surface area contributed by atoms with Crippen LogP contribution in [0.3, 0.4) is 0 Å². The molecule has 94 valence electrons. The summed E-state index contributed by atoms with van der Waals surface area (Å²) in [6.45, 7) is 4.04. The molecule has 1 saturated heterocycles. The van der Waals surface area contributed by atoms with Crippen molar-refractivity contribution in [2.45, 2.75) is 25.9 Å². The maximum Gasteiger partial charge on any atom is 0.122 e. The van der Waals surface area contributed by atoms with E-state index in [1.165, 1.54) is 32.4 Å². The second kappa shape index (κ2) is 6.57. The van der Waals surface area contributed by atoms with Crippen molar-refractivity contribution in [2.24, 2.45) is 0 Å². The first-order chi connectivity index (χ1) is 8.38. The summed E-state index contributed by atoms with van der Waals surface area (Å²) in [6, 6.07) is 3.62. The van der Waals surface area contributed by atoms with E-state index in [9.17, 15) is 0 Å². The predicted molar refractivity (Wildman–Crippen MR) is 65.9 cm³/mol. The van der Waals surface area contributed by atoms with E-state index in [4.69, 9.17) is 9.84 Å². The van der Waals surface area contributed by atoms with Crippen molar-refractivity contribution in [3.63, 3.8) is 0 Å². The molecule has 0 atom stereocenters. The Morgan fingerprint density at radius 2 is 2.12 bits per heavy atom. The van der Waals surface area contributed by atoms with Crippen LogP contribution >= 0.6 is 0 Å². The van der Waals surface area contributed by atoms with Gasteiger partial charge in [0.2, 0.25) is 0 Å². The van der Waals surface area contributed by atoms with Crippen LogP contribution in [0, 0.1) is 0 Å². The first-order valence-electron chi connectivity index (χ1n) is 6.29. The highest BCUT2D eigenvalue weighted by atomic mass is 16.5. The van der Waals surface area contributed by atoms with Crippen LogP contribution in [0.1, 0.15) is 25.0 Å². The van der Waals surface area contributed by atoms with Crippen LogP contribution < -0.4 is 4.74 Å². The number of piperidine rings is 1. The Labute approximate surface area is 102 Å². The van der Waals surface area contributed by atoms with E-state index in [1.54, 1.807) is 12.3 Å². The van der Waals surface area contributed by atoms with Gasteiger partial charge < -0.3 is 9.84 Å². The third-order valence-corrected chi connectivity index (χ3v) is 3.07. The molecule has 0 aliphatic carbocycles. The number of aromatic nitrogens is 1. The molecule has 1 N–H and O–H groups in total. The zero-order valence-electron chi connectivity index (χ0n) is 10.1. The minimum atomic E-state index is -0.0384. The molecule has 0 saturated carbocycles. The van der Waals surface area contributed by atoms with Gasteiger partial charge in [0.25, 0.3) is 0 Å². The maximum absolute atomic E-state index is 8.97. The van der Waals surface area contributed by atoms with Gasteiger partial charge in [-0.15, -0.1) is 0 Å². The van der Waals surface area contributed by atoms with Crippen molar-refractivity contribution in [3.05, 3.63) is 24.0 Å². The van der Waals surface area contributed by atoms with Crippen molar-refractivity contribution in [2.75, 3.05) is 26.2 Å². The monoisotopic (exact) mass is 236 g/mol. The molecule has 1 aromatic heterocycles. The smallest absolute Gasteiger partial charge is 0.122 e. The zero-order valence-corrected chi connectivity index (χ0v) is 10.1. The second-order valence-corrected chi connectivity index (χ2v) is 4.39. The summed E-state index contributed by atoms with van der Waals surface area (Å²) in [5.74, 6) is 0.793. The minimum Gasteiger partial charge on any atom is -0.492 e. The quantitative estimate of drug-likeness (QED) is 0.840. The van der Waals surface area contributed by atoms with Crippen molar-refractivity contribution in [1.29, 1.82) is 0 Å². The third kappa shape index (κ3) is 3.98. The molecule has 4 heteroatoms. The SMILES string of the molecule is OCc1cc(OCCN2CCCCC2)ccn1. The number of hydrogen-bond acceptors (Lipinski definition) is 4. The summed E-state index contributed by atoms with van der Waals surface area (Å²) >= 11 is 0. The Morgan fingerprint density at radius 1 is 1.29 bits per heavy atom. The fourth-order valence-corrected chi connectivity index (χ4v) is 2.11. The van der Waals surface area contributed by atoms with Gasteiger partial charge in [-0.2, -0.15) is 0 Å². The lowest BCUT2D eigenvalue weighted by molar-refractivity contribution is 0.183. The molecule has 17 heavy (non-hydrogen) atoms. The van der Waals surface area contributed by atoms with E-state index in [0.29, 0.717) is 12.3 Å². The Balaban J connectivity index is 1.73. The van der Waals surface area contributed by atoms with Crippen molar-refractivity contribution in [1.82, 2.24) is 9.88 Å². The standard InChI is InChI=1S/C13H20N2O2/c16-11-12-10-13(4-5-14-12)17-9-8-15-6-2-1-3-7-15/h4-5,10,16H,1-3,6-9,11H2. The molecule has 0 radical (unpaired) electrons. The molecular weight excluding hydrogens is 216 g/mol. The van der Waals surface area contributed by atoms with Gasteiger partial charge in [0.15, 0.2) is 0 Å². The third-order valence-electron chi connectivity index (χ3n) is 3.07. The number of rotatable bonds is 5. The van der Waals surface area contributed by atoms with Crippen LogP contribution in [0.25, 0.3) is 0 Å². The van der Waals surface area contributed by atoms with Gasteiger partial charge in [-0.25, -0.2) is 0 Å². The first kappa shape index (κ1) is 12.3. The number of aliphatic hydroxyl groups excluding tert-OH is 1. The van der Waals surface area contributed by atoms with Crippen LogP contribution in [-0.2, 0) is 6.61 Å². The second-order valence-electron chi connectivity index (χ2n) is 4.39. The summed E-state index contributed by atoms with van der Waals surface area (Å²) in [7, 11) is 0. The predicted octanol–water partition coefficient (Wildman–Crippen LogP) is 1.44. The van der Waals surface area contributed by atoms with E-state index < -0.39 is 0 Å². The lowest BCUT2D eigenvalue weighted by Gasteiger charge is -2.26. The molecule has 1 fully saturated rings. The zero-order chi connectivity index (χ0) is 11.9. The summed E-state index contributed by atoms with van der Waals surface area (Å²) in [4.78, 5) is 6.46. The Kier molecular flexibility index (Phi) is 4.76. The summed E-state index contributed by atoms with van der Waals surface area (Å²) < 4.78 is 5.66. The van der Waals surface area contributed by atoms with Gasteiger partial charge in [-0.1, -0.05) is 6.42 Å². The molecule has 0 unspecified atom stereocenters.